The predicted molar refractivity (Wildman–Crippen MR) is 147 cm³/mol. The third-order valence-corrected chi connectivity index (χ3v) is 7.19. The molecule has 3 heterocycles. The van der Waals surface area contributed by atoms with E-state index in [-0.39, 0.29) is 40.2 Å². The number of amides is 2. The van der Waals surface area contributed by atoms with Crippen molar-refractivity contribution in [1.82, 2.24) is 19.8 Å². The van der Waals surface area contributed by atoms with Gasteiger partial charge < -0.3 is 19.6 Å². The van der Waals surface area contributed by atoms with Crippen LogP contribution in [0.25, 0.3) is 33.0 Å². The maximum absolute atomic E-state index is 13.2. The third-order valence-electron chi connectivity index (χ3n) is 7.19. The van der Waals surface area contributed by atoms with Crippen molar-refractivity contribution in [3.63, 3.8) is 0 Å². The normalized spacial score (nSPS) is 14.5. The van der Waals surface area contributed by atoms with E-state index < -0.39 is 27.8 Å². The summed E-state index contributed by atoms with van der Waals surface area (Å²) >= 11 is 0. The van der Waals surface area contributed by atoms with Crippen LogP contribution in [-0.4, -0.2) is 67.0 Å². The number of nitro benzene ring substituents is 2. The van der Waals surface area contributed by atoms with Gasteiger partial charge in [-0.15, -0.1) is 0 Å². The fourth-order valence-electron chi connectivity index (χ4n) is 5.21. The molecule has 1 unspecified atom stereocenters. The summed E-state index contributed by atoms with van der Waals surface area (Å²) in [6.07, 6.45) is 2.32. The topological polar surface area (TPSA) is 177 Å². The average molecular weight is 547 g/mol. The molecule has 5 rings (SSSR count). The van der Waals surface area contributed by atoms with Gasteiger partial charge in [0, 0.05) is 82.7 Å². The lowest BCUT2D eigenvalue weighted by Gasteiger charge is -2.22. The summed E-state index contributed by atoms with van der Waals surface area (Å²) in [7, 11) is 0. The van der Waals surface area contributed by atoms with Gasteiger partial charge in [-0.1, -0.05) is 13.8 Å². The van der Waals surface area contributed by atoms with Gasteiger partial charge in [-0.05, 0) is 25.2 Å². The summed E-state index contributed by atoms with van der Waals surface area (Å²) < 4.78 is 1.71. The summed E-state index contributed by atoms with van der Waals surface area (Å²) in [5, 5.41) is 36.8. The molecule has 3 N–H and O–H groups in total. The number of aromatic nitrogens is 2. The molecule has 1 aliphatic heterocycles. The van der Waals surface area contributed by atoms with Crippen LogP contribution in [-0.2, 0) is 16.1 Å². The van der Waals surface area contributed by atoms with E-state index in [0.717, 1.165) is 13.1 Å². The molecular weight excluding hydrogens is 520 g/mol. The number of H-pyrrole nitrogens is 1. The van der Waals surface area contributed by atoms with Crippen LogP contribution < -0.4 is 5.32 Å². The molecule has 0 bridgehead atoms. The van der Waals surface area contributed by atoms with Gasteiger partial charge in [-0.3, -0.25) is 35.1 Å². The second-order valence-corrected chi connectivity index (χ2v) is 9.52. The molecule has 2 aromatic heterocycles. The second-order valence-electron chi connectivity index (χ2n) is 9.52. The van der Waals surface area contributed by atoms with Crippen molar-refractivity contribution < 1.29 is 24.5 Å². The molecule has 0 fully saturated rings. The van der Waals surface area contributed by atoms with Crippen LogP contribution in [0, 0.1) is 20.2 Å². The van der Waals surface area contributed by atoms with Gasteiger partial charge in [0.05, 0.1) is 27.1 Å². The van der Waals surface area contributed by atoms with Crippen LogP contribution in [0.1, 0.15) is 25.0 Å². The zero-order valence-corrected chi connectivity index (χ0v) is 21.7. The number of fused-ring (bicyclic) bond motifs is 2. The first kappa shape index (κ1) is 26.7. The van der Waals surface area contributed by atoms with E-state index in [4.69, 9.17) is 0 Å². The largest absolute Gasteiger partial charge is 0.390 e. The van der Waals surface area contributed by atoms with Crippen LogP contribution in [0.15, 0.2) is 48.8 Å². The molecule has 0 saturated carbocycles. The number of carbonyl (C=O) groups excluding carboxylic acids is 2. The first-order valence-corrected chi connectivity index (χ1v) is 12.7. The highest BCUT2D eigenvalue weighted by Crippen LogP contribution is 2.39. The number of aliphatic hydroxyl groups excluding tert-OH is 1. The summed E-state index contributed by atoms with van der Waals surface area (Å²) in [6.45, 7) is 6.01. The number of hydrogen-bond donors (Lipinski definition) is 3. The maximum atomic E-state index is 13.2. The van der Waals surface area contributed by atoms with Gasteiger partial charge >= 0.3 is 0 Å². The molecule has 0 aliphatic carbocycles. The molecule has 4 aromatic rings. The summed E-state index contributed by atoms with van der Waals surface area (Å²) in [5.41, 5.74) is 1.20. The molecule has 1 atom stereocenters. The maximum Gasteiger partial charge on any atom is 0.270 e. The number of aliphatic hydroxyl groups is 1. The van der Waals surface area contributed by atoms with Crippen LogP contribution in [0.2, 0.25) is 0 Å². The minimum atomic E-state index is -0.778. The molecule has 1 aliphatic rings. The van der Waals surface area contributed by atoms with Gasteiger partial charge in [-0.25, -0.2) is 0 Å². The molecule has 2 aromatic carbocycles. The number of carbonyl (C=O) groups is 2. The quantitative estimate of drug-likeness (QED) is 0.154. The molecule has 0 saturated heterocycles. The Bertz CT molecular complexity index is 1730. The summed E-state index contributed by atoms with van der Waals surface area (Å²) in [4.78, 5) is 53.3. The Morgan fingerprint density at radius 3 is 2.15 bits per heavy atom. The number of nitrogens with one attached hydrogen (secondary N) is 2. The lowest BCUT2D eigenvalue weighted by Crippen LogP contribution is -2.34. The van der Waals surface area contributed by atoms with Crippen molar-refractivity contribution in [2.45, 2.75) is 26.5 Å². The molecule has 13 nitrogen and oxygen atoms in total. The lowest BCUT2D eigenvalue weighted by atomic mass is 9.95. The molecule has 2 amide bonds. The van der Waals surface area contributed by atoms with Gasteiger partial charge in [0.1, 0.15) is 0 Å². The molecular formula is C27H26N6O7. The van der Waals surface area contributed by atoms with Crippen molar-refractivity contribution in [3.05, 3.63) is 80.1 Å². The number of imide groups is 1. The van der Waals surface area contributed by atoms with E-state index >= 15 is 0 Å². The number of nitrogens with zero attached hydrogens (tertiary/aromatic N) is 4. The van der Waals surface area contributed by atoms with Crippen LogP contribution in [0.5, 0.6) is 0 Å². The minimum Gasteiger partial charge on any atom is -0.390 e. The Kier molecular flexibility index (Phi) is 6.92. The van der Waals surface area contributed by atoms with Crippen molar-refractivity contribution in [3.8, 4) is 0 Å². The van der Waals surface area contributed by atoms with Crippen LogP contribution in [0.3, 0.4) is 0 Å². The molecule has 206 valence electrons. The van der Waals surface area contributed by atoms with Crippen molar-refractivity contribution >= 4 is 56.1 Å². The number of benzene rings is 2. The number of rotatable bonds is 10. The number of likely N-dealkylation sites (N-methyl/N-ethyl adjacent to an activating group) is 1. The first-order chi connectivity index (χ1) is 19.1. The number of non-ortho nitro benzene ring substituents is 2. The Labute approximate surface area is 227 Å². The van der Waals surface area contributed by atoms with Gasteiger partial charge in [-0.2, -0.15) is 0 Å². The second kappa shape index (κ2) is 10.4. The van der Waals surface area contributed by atoms with Crippen molar-refractivity contribution in [1.29, 1.82) is 0 Å². The van der Waals surface area contributed by atoms with E-state index in [1.54, 1.807) is 16.8 Å². The monoisotopic (exact) mass is 546 g/mol. The fourth-order valence-corrected chi connectivity index (χ4v) is 5.21. The highest BCUT2D eigenvalue weighted by molar-refractivity contribution is 6.50. The smallest absolute Gasteiger partial charge is 0.270 e. The number of nitro groups is 2. The SMILES string of the molecule is CCN(CC)CC(O)Cn1cc(C2=C(c3c[nH]c4ccc([N+](=O)[O-])cc34)C(=O)NC2=O)c2cc([N+](=O)[O-])ccc21. The van der Waals surface area contributed by atoms with Gasteiger partial charge in [0.2, 0.25) is 0 Å². The Morgan fingerprint density at radius 2 is 1.52 bits per heavy atom. The number of hydrogen-bond acceptors (Lipinski definition) is 8. The lowest BCUT2D eigenvalue weighted by molar-refractivity contribution is -0.384. The van der Waals surface area contributed by atoms with Gasteiger partial charge in [0.25, 0.3) is 23.2 Å². The van der Waals surface area contributed by atoms with E-state index in [9.17, 15) is 34.9 Å². The molecule has 0 radical (unpaired) electrons. The third kappa shape index (κ3) is 4.61. The average Bonchev–Trinajstić information content (AvgIpc) is 3.58. The summed E-state index contributed by atoms with van der Waals surface area (Å²) in [5.74, 6) is -1.39. The highest BCUT2D eigenvalue weighted by atomic mass is 16.6. The Morgan fingerprint density at radius 1 is 0.925 bits per heavy atom. The van der Waals surface area contributed by atoms with Crippen molar-refractivity contribution in [2.75, 3.05) is 19.6 Å². The Hall–Kier alpha value is -4.88. The van der Waals surface area contributed by atoms with Crippen LogP contribution in [0.4, 0.5) is 11.4 Å². The highest BCUT2D eigenvalue weighted by Gasteiger charge is 2.35. The van der Waals surface area contributed by atoms with E-state index in [1.807, 2.05) is 13.8 Å². The van der Waals surface area contributed by atoms with E-state index in [2.05, 4.69) is 15.2 Å². The van der Waals surface area contributed by atoms with E-state index in [1.165, 1.54) is 36.5 Å². The summed E-state index contributed by atoms with van der Waals surface area (Å²) in [6, 6.07) is 8.38. The Balaban J connectivity index is 1.72. The first-order valence-electron chi connectivity index (χ1n) is 12.7. The predicted octanol–water partition coefficient (Wildman–Crippen LogP) is 3.21. The fraction of sp³-hybridized carbons (Fsp3) is 0.259. The number of aromatic amines is 1. The van der Waals surface area contributed by atoms with Crippen molar-refractivity contribution in [2.24, 2.45) is 0 Å². The molecule has 0 spiro atoms. The molecule has 40 heavy (non-hydrogen) atoms. The standard InChI is InChI=1S/C27H26N6O7/c1-3-30(4-2)12-17(34)13-31-14-21(19-10-16(33(39)40)6-8-23(19)31)25-24(26(35)29-27(25)36)20-11-28-22-7-5-15(32(37)38)9-18(20)22/h5-11,14,17,28,34H,3-4,12-13H2,1-2H3,(H,29,35,36). The minimum absolute atomic E-state index is 0.00834. The zero-order chi connectivity index (χ0) is 28.7. The molecule has 13 heteroatoms. The van der Waals surface area contributed by atoms with Crippen LogP contribution >= 0.6 is 0 Å². The van der Waals surface area contributed by atoms with E-state index in [0.29, 0.717) is 28.4 Å². The zero-order valence-electron chi connectivity index (χ0n) is 21.7. The van der Waals surface area contributed by atoms with Gasteiger partial charge in [0.15, 0.2) is 0 Å².